The number of aliphatic hydroxyl groups excluding tert-OH is 1. The first-order chi connectivity index (χ1) is 5.08. The van der Waals surface area contributed by atoms with Crippen LogP contribution in [0, 0.1) is 0 Å². The molecule has 0 saturated heterocycles. The molecule has 0 fully saturated rings. The molecule has 0 aliphatic carbocycles. The van der Waals surface area contributed by atoms with Gasteiger partial charge in [0, 0.05) is 7.11 Å². The Morgan fingerprint density at radius 2 is 2.09 bits per heavy atom. The average Bonchev–Trinajstić information content (AvgIpc) is 2.04. The molecule has 0 aliphatic rings. The van der Waals surface area contributed by atoms with Gasteiger partial charge >= 0.3 is 5.97 Å². The maximum absolute atomic E-state index is 9.12. The summed E-state index contributed by atoms with van der Waals surface area (Å²) in [6.45, 7) is 1.20. The first-order valence-corrected chi connectivity index (χ1v) is 3.19. The monoisotopic (exact) mass is 165 g/mol. The highest BCUT2D eigenvalue weighted by atomic mass is 16.5. The number of ether oxygens (including phenoxy) is 1. The number of aliphatic hydroxyl groups is 1. The van der Waals surface area contributed by atoms with Crippen LogP contribution in [-0.4, -0.2) is 36.1 Å². The summed E-state index contributed by atoms with van der Waals surface area (Å²) in [5.74, 6) is -1.19. The van der Waals surface area contributed by atoms with E-state index in [-0.39, 0.29) is 6.23 Å². The third kappa shape index (κ3) is 17.6. The molecule has 0 saturated carbocycles. The summed E-state index contributed by atoms with van der Waals surface area (Å²) >= 11 is 0. The molecule has 4 N–H and O–H groups in total. The summed E-state index contributed by atoms with van der Waals surface area (Å²) in [5.41, 5.74) is 5.25. The Balaban J connectivity index is 0. The zero-order chi connectivity index (χ0) is 9.28. The number of hydrogen-bond donors (Lipinski definition) is 3. The highest BCUT2D eigenvalue weighted by Crippen LogP contribution is 1.81. The zero-order valence-electron chi connectivity index (χ0n) is 6.78. The fourth-order valence-corrected chi connectivity index (χ4v) is 0.167. The van der Waals surface area contributed by atoms with Gasteiger partial charge in [0.25, 0.3) is 0 Å². The van der Waals surface area contributed by atoms with Crippen molar-refractivity contribution in [1.82, 2.24) is 0 Å². The molecule has 0 radical (unpaired) electrons. The molecule has 0 aromatic carbocycles. The molecule has 0 spiro atoms. The van der Waals surface area contributed by atoms with Crippen LogP contribution < -0.4 is 5.73 Å². The lowest BCUT2D eigenvalue weighted by Crippen LogP contribution is -2.19. The van der Waals surface area contributed by atoms with Gasteiger partial charge in [-0.1, -0.05) is 6.92 Å². The van der Waals surface area contributed by atoms with Gasteiger partial charge in [0.05, 0.1) is 0 Å². The van der Waals surface area contributed by atoms with Crippen LogP contribution in [0.15, 0.2) is 0 Å². The highest BCUT2D eigenvalue weighted by Gasteiger charge is 1.88. The van der Waals surface area contributed by atoms with Crippen molar-refractivity contribution in [2.24, 2.45) is 5.73 Å². The lowest BCUT2D eigenvalue weighted by molar-refractivity contribution is -0.140. The van der Waals surface area contributed by atoms with E-state index in [1.165, 1.54) is 0 Å². The van der Waals surface area contributed by atoms with Crippen molar-refractivity contribution in [2.45, 2.75) is 19.6 Å². The molecule has 0 aromatic heterocycles. The van der Waals surface area contributed by atoms with E-state index in [0.717, 1.165) is 6.42 Å². The van der Waals surface area contributed by atoms with Crippen LogP contribution in [0.4, 0.5) is 0 Å². The second-order valence-corrected chi connectivity index (χ2v) is 1.73. The van der Waals surface area contributed by atoms with Crippen molar-refractivity contribution in [3.05, 3.63) is 0 Å². The van der Waals surface area contributed by atoms with Gasteiger partial charge in [-0.2, -0.15) is 0 Å². The minimum absolute atomic E-state index is 0.0648. The van der Waals surface area contributed by atoms with Crippen molar-refractivity contribution in [3.63, 3.8) is 0 Å². The second-order valence-electron chi connectivity index (χ2n) is 1.73. The van der Waals surface area contributed by atoms with Crippen molar-refractivity contribution < 1.29 is 19.7 Å². The van der Waals surface area contributed by atoms with Crippen LogP contribution in [-0.2, 0) is 9.53 Å². The number of methoxy groups -OCH3 is 1. The predicted octanol–water partition coefficient (Wildman–Crippen LogP) is -0.609. The summed E-state index contributed by atoms with van der Waals surface area (Å²) in [4.78, 5) is 9.12. The molecule has 0 bridgehead atoms. The second kappa shape index (κ2) is 9.35. The molecule has 1 unspecified atom stereocenters. The quantitative estimate of drug-likeness (QED) is 0.485. The topological polar surface area (TPSA) is 92.8 Å². The molecule has 1 atom stereocenters. The number of aliphatic carboxylic acids is 1. The van der Waals surface area contributed by atoms with E-state index >= 15 is 0 Å². The third-order valence-electron chi connectivity index (χ3n) is 0.840. The van der Waals surface area contributed by atoms with Gasteiger partial charge in [0.1, 0.15) is 12.8 Å². The first-order valence-electron chi connectivity index (χ1n) is 3.19. The molecule has 0 rings (SSSR count). The van der Waals surface area contributed by atoms with Gasteiger partial charge < -0.3 is 20.7 Å². The predicted molar refractivity (Wildman–Crippen MR) is 40.0 cm³/mol. The van der Waals surface area contributed by atoms with Crippen LogP contribution in [0.3, 0.4) is 0 Å². The molecule has 5 heteroatoms. The Kier molecular flexibility index (Phi) is 11.0. The molecule has 0 heterocycles. The van der Waals surface area contributed by atoms with Crippen molar-refractivity contribution >= 4 is 5.97 Å². The van der Waals surface area contributed by atoms with Crippen LogP contribution >= 0.6 is 0 Å². The molecule has 11 heavy (non-hydrogen) atoms. The van der Waals surface area contributed by atoms with Gasteiger partial charge in [-0.25, -0.2) is 4.79 Å². The number of carbonyl (C=O) groups is 1. The van der Waals surface area contributed by atoms with E-state index in [4.69, 9.17) is 20.7 Å². The van der Waals surface area contributed by atoms with Crippen molar-refractivity contribution in [2.75, 3.05) is 13.7 Å². The van der Waals surface area contributed by atoms with Crippen LogP contribution in [0.5, 0.6) is 0 Å². The largest absolute Gasteiger partial charge is 0.480 e. The third-order valence-corrected chi connectivity index (χ3v) is 0.840. The van der Waals surface area contributed by atoms with E-state index in [0.29, 0.717) is 0 Å². The number of nitrogens with two attached hydrogens (primary N) is 1. The van der Waals surface area contributed by atoms with Gasteiger partial charge in [-0.15, -0.1) is 0 Å². The lowest BCUT2D eigenvalue weighted by Gasteiger charge is -2.01. The van der Waals surface area contributed by atoms with Gasteiger partial charge in [-0.3, -0.25) is 0 Å². The maximum Gasteiger partial charge on any atom is 0.329 e. The standard InChI is InChI=1S/C4H11NO.C2H4O3/c1-3-4(5)6-2;3-1-2(4)5/h4H,3,5H2,1-2H3;3H,1H2,(H,4,5). The maximum atomic E-state index is 9.12. The molecular formula is C6H15NO4. The van der Waals surface area contributed by atoms with Crippen LogP contribution in [0.2, 0.25) is 0 Å². The molecule has 68 valence electrons. The molecule has 0 aromatic rings. The normalized spacial score (nSPS) is 11.3. The van der Waals surface area contributed by atoms with Gasteiger partial charge in [0.2, 0.25) is 0 Å². The number of carboxylic acid groups (broad SMARTS) is 1. The summed E-state index contributed by atoms with van der Waals surface area (Å²) in [5, 5.41) is 15.0. The molecule has 0 aliphatic heterocycles. The fourth-order valence-electron chi connectivity index (χ4n) is 0.167. The summed E-state index contributed by atoms with van der Waals surface area (Å²) in [6.07, 6.45) is 0.821. The molecule has 0 amide bonds. The van der Waals surface area contributed by atoms with E-state index in [9.17, 15) is 0 Å². The van der Waals surface area contributed by atoms with Crippen molar-refractivity contribution in [3.8, 4) is 0 Å². The Labute approximate surface area is 65.8 Å². The van der Waals surface area contributed by atoms with E-state index in [1.54, 1.807) is 7.11 Å². The van der Waals surface area contributed by atoms with E-state index < -0.39 is 12.6 Å². The highest BCUT2D eigenvalue weighted by molar-refractivity contribution is 5.67. The summed E-state index contributed by atoms with van der Waals surface area (Å²) in [7, 11) is 1.61. The van der Waals surface area contributed by atoms with E-state index in [1.807, 2.05) is 6.92 Å². The summed E-state index contributed by atoms with van der Waals surface area (Å²) < 4.78 is 4.68. The lowest BCUT2D eigenvalue weighted by atomic mass is 10.4. The summed E-state index contributed by atoms with van der Waals surface area (Å²) in [6, 6.07) is 0. The van der Waals surface area contributed by atoms with Crippen LogP contribution in [0.25, 0.3) is 0 Å². The Hall–Kier alpha value is -0.650. The number of carboxylic acids is 1. The molecule has 5 nitrogen and oxygen atoms in total. The van der Waals surface area contributed by atoms with Gasteiger partial charge in [0.15, 0.2) is 0 Å². The smallest absolute Gasteiger partial charge is 0.329 e. The van der Waals surface area contributed by atoms with E-state index in [2.05, 4.69) is 4.74 Å². The Morgan fingerprint density at radius 1 is 1.73 bits per heavy atom. The Morgan fingerprint density at radius 3 is 2.09 bits per heavy atom. The van der Waals surface area contributed by atoms with Crippen molar-refractivity contribution in [1.29, 1.82) is 0 Å². The number of rotatable bonds is 3. The minimum atomic E-state index is -1.19. The minimum Gasteiger partial charge on any atom is -0.480 e. The zero-order valence-corrected chi connectivity index (χ0v) is 6.78. The Bertz CT molecular complexity index is 92.6. The van der Waals surface area contributed by atoms with Gasteiger partial charge in [-0.05, 0) is 6.42 Å². The fraction of sp³-hybridized carbons (Fsp3) is 0.833. The molecular weight excluding hydrogens is 150 g/mol. The first kappa shape index (κ1) is 13.0. The van der Waals surface area contributed by atoms with Crippen LogP contribution in [0.1, 0.15) is 13.3 Å². The average molecular weight is 165 g/mol. The SMILES string of the molecule is CCC(N)OC.O=C(O)CO. The number of hydrogen-bond acceptors (Lipinski definition) is 4.